The molecule has 1 unspecified atom stereocenters. The Morgan fingerprint density at radius 1 is 1.14 bits per heavy atom. The van der Waals surface area contributed by atoms with Gasteiger partial charge in [0.1, 0.15) is 0 Å². The van der Waals surface area contributed by atoms with Crippen LogP contribution >= 0.6 is 12.6 Å². The molecule has 1 aliphatic heterocycles. The fraction of sp³-hybridized carbons (Fsp3) is 0.250. The third-order valence-corrected chi connectivity index (χ3v) is 3.53. The summed E-state index contributed by atoms with van der Waals surface area (Å²) in [6, 6.07) is 17.9. The van der Waals surface area contributed by atoms with Gasteiger partial charge in [-0.25, -0.2) is 12.1 Å². The number of rotatable bonds is 3. The van der Waals surface area contributed by atoms with E-state index in [-0.39, 0.29) is 35.3 Å². The molecule has 1 saturated heterocycles. The molecule has 0 saturated carbocycles. The molecule has 5 heteroatoms. The Labute approximate surface area is 140 Å². The average molecular weight is 343 g/mol. The van der Waals surface area contributed by atoms with Crippen molar-refractivity contribution in [2.75, 3.05) is 6.54 Å². The van der Waals surface area contributed by atoms with Gasteiger partial charge in [0.05, 0.1) is 5.25 Å². The zero-order chi connectivity index (χ0) is 14.4. The van der Waals surface area contributed by atoms with Crippen LogP contribution in [0.1, 0.15) is 12.0 Å². The van der Waals surface area contributed by atoms with Crippen LogP contribution in [0.25, 0.3) is 0 Å². The summed E-state index contributed by atoms with van der Waals surface area (Å²) in [7, 11) is 0. The van der Waals surface area contributed by atoms with E-state index in [4.69, 9.17) is 0 Å². The molecular weight excluding hydrogens is 326 g/mol. The number of imide groups is 1. The first-order chi connectivity index (χ1) is 9.68. The van der Waals surface area contributed by atoms with Crippen molar-refractivity contribution in [2.24, 2.45) is 0 Å². The first-order valence-corrected chi connectivity index (χ1v) is 7.09. The minimum Gasteiger partial charge on any atom is -0.748 e. The summed E-state index contributed by atoms with van der Waals surface area (Å²) in [5.74, 6) is -0.263. The summed E-state index contributed by atoms with van der Waals surface area (Å²) in [5.41, 5.74) is 1.15. The predicted molar refractivity (Wildman–Crippen MR) is 81.9 cm³/mol. The molecule has 2 aromatic carbocycles. The van der Waals surface area contributed by atoms with Crippen molar-refractivity contribution in [3.63, 3.8) is 0 Å². The molecule has 118 valence electrons. The van der Waals surface area contributed by atoms with Gasteiger partial charge in [-0.05, 0) is 0 Å². The zero-order valence-electron chi connectivity index (χ0n) is 11.5. The number of likely N-dealkylation sites (tertiary alicyclic amines) is 1. The van der Waals surface area contributed by atoms with E-state index < -0.39 is 5.25 Å². The Bertz CT molecular complexity index is 519. The summed E-state index contributed by atoms with van der Waals surface area (Å²) in [5, 5.41) is -0.433. The number of carbonyl (C=O) groups excluding carboxylic acids is 2. The quantitative estimate of drug-likeness (QED) is 0.402. The first-order valence-electron chi connectivity index (χ1n) is 6.58. The van der Waals surface area contributed by atoms with Crippen LogP contribution in [-0.2, 0) is 33.1 Å². The van der Waals surface area contributed by atoms with Crippen molar-refractivity contribution in [3.05, 3.63) is 60.2 Å². The maximum Gasteiger partial charge on any atom is 0.242 e. The molecule has 21 heavy (non-hydrogen) atoms. The second-order valence-electron chi connectivity index (χ2n) is 4.61. The molecular formula is C16H17FeNO2S-6. The van der Waals surface area contributed by atoms with E-state index in [1.165, 1.54) is 4.90 Å². The molecule has 0 aromatic heterocycles. The average Bonchev–Trinajstić information content (AvgIpc) is 3.16. The molecule has 0 spiro atoms. The molecule has 1 aliphatic rings. The van der Waals surface area contributed by atoms with Crippen molar-refractivity contribution >= 4 is 24.4 Å². The van der Waals surface area contributed by atoms with Crippen LogP contribution in [0.5, 0.6) is 0 Å². The Morgan fingerprint density at radius 2 is 1.67 bits per heavy atom. The van der Waals surface area contributed by atoms with Gasteiger partial charge in [-0.2, -0.15) is 30.3 Å². The van der Waals surface area contributed by atoms with Crippen molar-refractivity contribution in [3.8, 4) is 0 Å². The van der Waals surface area contributed by atoms with E-state index in [9.17, 15) is 9.59 Å². The van der Waals surface area contributed by atoms with Gasteiger partial charge in [-0.3, -0.25) is 14.5 Å². The van der Waals surface area contributed by atoms with Gasteiger partial charge < -0.3 is 30.3 Å². The Kier molecular flexibility index (Phi) is 7.51. The SMILES string of the molecule is O=C1CC(S)C(=O)N1CC[c-]1cccc1.[Fe].[cH-]1[cH-][cH-][cH-][cH-]1. The number of hydrogen-bond donors (Lipinski definition) is 1. The Balaban J connectivity index is 0.000000313. The van der Waals surface area contributed by atoms with Crippen LogP contribution in [0.2, 0.25) is 0 Å². The number of amides is 2. The smallest absolute Gasteiger partial charge is 0.242 e. The monoisotopic (exact) mass is 343 g/mol. The van der Waals surface area contributed by atoms with E-state index in [0.29, 0.717) is 6.54 Å². The van der Waals surface area contributed by atoms with Crippen molar-refractivity contribution in [2.45, 2.75) is 18.1 Å². The minimum absolute atomic E-state index is 0. The molecule has 1 fully saturated rings. The first kappa shape index (κ1) is 17.8. The maximum atomic E-state index is 11.5. The van der Waals surface area contributed by atoms with E-state index in [1.54, 1.807) is 0 Å². The number of hydrogen-bond acceptors (Lipinski definition) is 3. The van der Waals surface area contributed by atoms with Gasteiger partial charge in [-0.15, -0.1) is 0 Å². The molecule has 2 amide bonds. The standard InChI is InChI=1S/C11H12NO2S.C5H5.Fe/c13-10-7-9(15)11(14)12(10)6-5-8-3-1-2-4-8;1-2-4-5-3-1;/h1-4,9,15H,5-7H2;1-5H;/q-1;-5;. The predicted octanol–water partition coefficient (Wildman–Crippen LogP) is 2.41. The van der Waals surface area contributed by atoms with E-state index in [2.05, 4.69) is 12.6 Å². The third kappa shape index (κ3) is 5.20. The molecule has 0 N–H and O–H groups in total. The molecule has 3 nitrogen and oxygen atoms in total. The Morgan fingerprint density at radius 3 is 2.10 bits per heavy atom. The van der Waals surface area contributed by atoms with Crippen LogP contribution in [0.4, 0.5) is 0 Å². The summed E-state index contributed by atoms with van der Waals surface area (Å²) < 4.78 is 0. The van der Waals surface area contributed by atoms with Gasteiger partial charge in [-0.1, -0.05) is 6.42 Å². The summed E-state index contributed by atoms with van der Waals surface area (Å²) in [6.07, 6.45) is 0.966. The Hall–Kier alpha value is -1.29. The van der Waals surface area contributed by atoms with Crippen LogP contribution in [-0.4, -0.2) is 28.5 Å². The fourth-order valence-corrected chi connectivity index (χ4v) is 2.34. The van der Waals surface area contributed by atoms with Gasteiger partial charge in [0.2, 0.25) is 11.8 Å². The van der Waals surface area contributed by atoms with Crippen molar-refractivity contribution < 1.29 is 26.7 Å². The van der Waals surface area contributed by atoms with Crippen molar-refractivity contribution in [1.82, 2.24) is 4.90 Å². The molecule has 1 atom stereocenters. The van der Waals surface area contributed by atoms with Crippen molar-refractivity contribution in [1.29, 1.82) is 0 Å². The number of carbonyl (C=O) groups is 2. The van der Waals surface area contributed by atoms with Crippen LogP contribution in [0.3, 0.4) is 0 Å². The normalized spacial score (nSPS) is 17.2. The van der Waals surface area contributed by atoms with E-state index >= 15 is 0 Å². The fourth-order valence-electron chi connectivity index (χ4n) is 2.04. The van der Waals surface area contributed by atoms with Gasteiger partial charge in [0, 0.05) is 30.0 Å². The zero-order valence-corrected chi connectivity index (χ0v) is 13.5. The van der Waals surface area contributed by atoms with Crippen LogP contribution < -0.4 is 0 Å². The van der Waals surface area contributed by atoms with Crippen LogP contribution in [0.15, 0.2) is 54.6 Å². The summed E-state index contributed by atoms with van der Waals surface area (Å²) in [6.45, 7) is 0.471. The second kappa shape index (κ2) is 8.88. The third-order valence-electron chi connectivity index (χ3n) is 3.13. The number of nitrogens with zero attached hydrogens (tertiary/aromatic N) is 1. The van der Waals surface area contributed by atoms with E-state index in [1.807, 2.05) is 54.6 Å². The largest absolute Gasteiger partial charge is 0.748 e. The molecule has 1 heterocycles. The van der Waals surface area contributed by atoms with Gasteiger partial charge >= 0.3 is 0 Å². The molecule has 3 rings (SSSR count). The summed E-state index contributed by atoms with van der Waals surface area (Å²) >= 11 is 4.06. The maximum absolute atomic E-state index is 11.5. The molecule has 0 radical (unpaired) electrons. The van der Waals surface area contributed by atoms with Gasteiger partial charge in [0.25, 0.3) is 0 Å². The second-order valence-corrected chi connectivity index (χ2v) is 5.23. The molecule has 0 bridgehead atoms. The number of thiol groups is 1. The molecule has 2 aromatic rings. The summed E-state index contributed by atoms with van der Waals surface area (Å²) in [4.78, 5) is 24.2. The topological polar surface area (TPSA) is 37.4 Å². The van der Waals surface area contributed by atoms with Gasteiger partial charge in [0.15, 0.2) is 0 Å². The van der Waals surface area contributed by atoms with Crippen LogP contribution in [0, 0.1) is 0 Å². The minimum atomic E-state index is -0.433. The molecule has 0 aliphatic carbocycles. The van der Waals surface area contributed by atoms with E-state index in [0.717, 1.165) is 12.0 Å².